The fourth-order valence-electron chi connectivity index (χ4n) is 6.84. The summed E-state index contributed by atoms with van der Waals surface area (Å²) in [5, 5.41) is 7.84. The molecule has 1 aliphatic carbocycles. The second-order valence-corrected chi connectivity index (χ2v) is 15.2. The number of carbonyl (C=O) groups is 5. The predicted molar refractivity (Wildman–Crippen MR) is 238 cm³/mol. The zero-order valence-corrected chi connectivity index (χ0v) is 33.4. The van der Waals surface area contributed by atoms with Gasteiger partial charge in [-0.3, -0.25) is 24.0 Å². The van der Waals surface area contributed by atoms with E-state index in [4.69, 9.17) is 4.74 Å². The molecule has 0 fully saturated rings. The van der Waals surface area contributed by atoms with Crippen molar-refractivity contribution in [2.45, 2.75) is 16.8 Å². The van der Waals surface area contributed by atoms with Crippen LogP contribution in [-0.2, 0) is 16.2 Å². The van der Waals surface area contributed by atoms with Gasteiger partial charge in [0.25, 0.3) is 11.8 Å². The standard InChI is InChI=1S/C51H37N3O6S/c55-46-40-22-10-11-23-41(40)47(56)45-42(46)24-13-25-43(45)53-51(59)48(35-16-6-2-7-17-35)61-39-21-12-20-37(31-39)52-50(58)44(54-49(57)36-18-8-3-9-19-36)30-33-26-28-38(29-27-33)60-32-34-14-4-1-5-15-34/h1-31,48H,32H2,(H,52,58)(H,53,59)(H,54,57)/b44-30+. The highest BCUT2D eigenvalue weighted by atomic mass is 32.2. The number of ketones is 2. The van der Waals surface area contributed by atoms with E-state index in [9.17, 15) is 24.0 Å². The average molecular weight is 820 g/mol. The van der Waals surface area contributed by atoms with Crippen molar-refractivity contribution < 1.29 is 28.7 Å². The van der Waals surface area contributed by atoms with Crippen LogP contribution in [0, 0.1) is 0 Å². The van der Waals surface area contributed by atoms with E-state index in [2.05, 4.69) is 16.0 Å². The van der Waals surface area contributed by atoms with Crippen LogP contribution in [0.1, 0.15) is 64.1 Å². The summed E-state index contributed by atoms with van der Waals surface area (Å²) in [5.74, 6) is -1.41. The second kappa shape index (κ2) is 18.4. The lowest BCUT2D eigenvalue weighted by atomic mass is 9.83. The molecule has 9 nitrogen and oxygen atoms in total. The lowest BCUT2D eigenvalue weighted by Gasteiger charge is -2.22. The number of hydrogen-bond donors (Lipinski definition) is 3. The van der Waals surface area contributed by atoms with E-state index in [1.165, 1.54) is 11.8 Å². The molecule has 61 heavy (non-hydrogen) atoms. The highest BCUT2D eigenvalue weighted by Gasteiger charge is 2.33. The predicted octanol–water partition coefficient (Wildman–Crippen LogP) is 9.92. The van der Waals surface area contributed by atoms with Crippen molar-refractivity contribution in [3.05, 3.63) is 232 Å². The summed E-state index contributed by atoms with van der Waals surface area (Å²) in [6.07, 6.45) is 1.59. The molecule has 8 rings (SSSR count). The molecular weight excluding hydrogens is 783 g/mol. The first-order valence-corrected chi connectivity index (χ1v) is 20.3. The maximum absolute atomic E-state index is 14.3. The van der Waals surface area contributed by atoms with Crippen LogP contribution < -0.4 is 20.7 Å². The second-order valence-electron chi connectivity index (χ2n) is 14.0. The van der Waals surface area contributed by atoms with Crippen LogP contribution in [-0.4, -0.2) is 29.3 Å². The summed E-state index contributed by atoms with van der Waals surface area (Å²) in [7, 11) is 0. The number of rotatable bonds is 13. The Labute approximate surface area is 356 Å². The molecule has 0 aromatic heterocycles. The van der Waals surface area contributed by atoms with E-state index >= 15 is 0 Å². The first kappa shape index (κ1) is 40.0. The van der Waals surface area contributed by atoms with E-state index < -0.39 is 23.0 Å². The first-order chi connectivity index (χ1) is 29.8. The zero-order valence-electron chi connectivity index (χ0n) is 32.5. The largest absolute Gasteiger partial charge is 0.489 e. The fraction of sp³-hybridized carbons (Fsp3) is 0.0392. The molecular formula is C51H37N3O6S. The Bertz CT molecular complexity index is 2790. The minimum absolute atomic E-state index is 0.00764. The molecule has 0 bridgehead atoms. The summed E-state index contributed by atoms with van der Waals surface area (Å²) >= 11 is 1.25. The average Bonchev–Trinajstić information content (AvgIpc) is 3.30. The van der Waals surface area contributed by atoms with Gasteiger partial charge in [0.15, 0.2) is 11.6 Å². The van der Waals surface area contributed by atoms with E-state index in [1.54, 1.807) is 121 Å². The number of carbonyl (C=O) groups excluding carboxylic acids is 5. The van der Waals surface area contributed by atoms with Crippen LogP contribution in [0.5, 0.6) is 5.75 Å². The van der Waals surface area contributed by atoms with Gasteiger partial charge in [-0.15, -0.1) is 11.8 Å². The number of benzene rings is 7. The third-order valence-corrected chi connectivity index (χ3v) is 11.1. The monoisotopic (exact) mass is 819 g/mol. The van der Waals surface area contributed by atoms with E-state index in [0.29, 0.717) is 45.2 Å². The number of ether oxygens (including phenoxy) is 1. The van der Waals surface area contributed by atoms with Crippen LogP contribution in [0.2, 0.25) is 0 Å². The Morgan fingerprint density at radius 2 is 1.23 bits per heavy atom. The highest BCUT2D eigenvalue weighted by molar-refractivity contribution is 8.00. The zero-order chi connectivity index (χ0) is 42.1. The van der Waals surface area contributed by atoms with Crippen LogP contribution in [0.4, 0.5) is 11.4 Å². The Morgan fingerprint density at radius 1 is 0.607 bits per heavy atom. The van der Waals surface area contributed by atoms with Crippen molar-refractivity contribution in [3.63, 3.8) is 0 Å². The molecule has 3 amide bonds. The fourth-order valence-corrected chi connectivity index (χ4v) is 7.92. The van der Waals surface area contributed by atoms with Gasteiger partial charge in [-0.25, -0.2) is 0 Å². The van der Waals surface area contributed by atoms with Gasteiger partial charge in [-0.05, 0) is 71.3 Å². The number of amides is 3. The van der Waals surface area contributed by atoms with Crippen LogP contribution in [0.15, 0.2) is 193 Å². The molecule has 1 unspecified atom stereocenters. The van der Waals surface area contributed by atoms with Crippen molar-refractivity contribution in [2.24, 2.45) is 0 Å². The van der Waals surface area contributed by atoms with Gasteiger partial charge in [0, 0.05) is 32.8 Å². The van der Waals surface area contributed by atoms with Gasteiger partial charge >= 0.3 is 0 Å². The van der Waals surface area contributed by atoms with Gasteiger partial charge in [0.2, 0.25) is 5.91 Å². The van der Waals surface area contributed by atoms with Crippen molar-refractivity contribution in [2.75, 3.05) is 10.6 Å². The topological polar surface area (TPSA) is 131 Å². The molecule has 0 saturated heterocycles. The minimum Gasteiger partial charge on any atom is -0.489 e. The third kappa shape index (κ3) is 9.41. The molecule has 7 aromatic carbocycles. The number of fused-ring (bicyclic) bond motifs is 2. The quantitative estimate of drug-likeness (QED) is 0.0780. The SMILES string of the molecule is O=C(Nc1cccc(SC(C(=O)Nc2cccc3c2C(=O)c2ccccc2C3=O)c2ccccc2)c1)/C(=C\c1ccc(OCc2ccccc2)cc1)NC(=O)c1ccccc1. The van der Waals surface area contributed by atoms with Gasteiger partial charge in [0.1, 0.15) is 23.3 Å². The molecule has 7 aromatic rings. The summed E-state index contributed by atoms with van der Waals surface area (Å²) in [4.78, 5) is 69.3. The normalized spacial score (nSPS) is 12.4. The lowest BCUT2D eigenvalue weighted by molar-refractivity contribution is -0.116. The van der Waals surface area contributed by atoms with Crippen molar-refractivity contribution in [1.29, 1.82) is 0 Å². The highest BCUT2D eigenvalue weighted by Crippen LogP contribution is 2.39. The van der Waals surface area contributed by atoms with Gasteiger partial charge in [-0.2, -0.15) is 0 Å². The molecule has 1 atom stereocenters. The molecule has 3 N–H and O–H groups in total. The smallest absolute Gasteiger partial charge is 0.272 e. The van der Waals surface area contributed by atoms with Gasteiger partial charge < -0.3 is 20.7 Å². The van der Waals surface area contributed by atoms with E-state index in [-0.39, 0.29) is 39.6 Å². The van der Waals surface area contributed by atoms with E-state index in [1.807, 2.05) is 66.7 Å². The summed E-state index contributed by atoms with van der Waals surface area (Å²) in [6, 6.07) is 53.3. The first-order valence-electron chi connectivity index (χ1n) is 19.4. The summed E-state index contributed by atoms with van der Waals surface area (Å²) in [5.41, 5.74) is 4.43. The van der Waals surface area contributed by atoms with Crippen molar-refractivity contribution in [1.82, 2.24) is 5.32 Å². The summed E-state index contributed by atoms with van der Waals surface area (Å²) < 4.78 is 5.93. The molecule has 10 heteroatoms. The van der Waals surface area contributed by atoms with Crippen molar-refractivity contribution >= 4 is 58.5 Å². The Hall–Kier alpha value is -7.82. The van der Waals surface area contributed by atoms with E-state index in [0.717, 1.165) is 5.56 Å². The van der Waals surface area contributed by atoms with Gasteiger partial charge in [0.05, 0.1) is 11.3 Å². The van der Waals surface area contributed by atoms with Crippen LogP contribution in [0.25, 0.3) is 6.08 Å². The number of nitrogens with one attached hydrogen (secondary N) is 3. The minimum atomic E-state index is -0.801. The number of thioether (sulfide) groups is 1. The van der Waals surface area contributed by atoms with Crippen LogP contribution in [0.3, 0.4) is 0 Å². The van der Waals surface area contributed by atoms with Crippen molar-refractivity contribution in [3.8, 4) is 5.75 Å². The van der Waals surface area contributed by atoms with Crippen LogP contribution >= 0.6 is 11.8 Å². The Balaban J connectivity index is 1.02. The molecule has 0 radical (unpaired) electrons. The maximum atomic E-state index is 14.3. The molecule has 0 heterocycles. The molecule has 298 valence electrons. The number of anilines is 2. The number of hydrogen-bond acceptors (Lipinski definition) is 7. The van der Waals surface area contributed by atoms with Gasteiger partial charge in [-0.1, -0.05) is 133 Å². The molecule has 1 aliphatic rings. The third-order valence-electron chi connectivity index (χ3n) is 9.86. The summed E-state index contributed by atoms with van der Waals surface area (Å²) in [6.45, 7) is 0.401. The Morgan fingerprint density at radius 3 is 1.95 bits per heavy atom. The molecule has 0 saturated carbocycles. The maximum Gasteiger partial charge on any atom is 0.272 e. The Kier molecular flexibility index (Phi) is 12.1. The lowest BCUT2D eigenvalue weighted by Crippen LogP contribution is -2.30. The molecule has 0 spiro atoms. The molecule has 0 aliphatic heterocycles.